The fourth-order valence-electron chi connectivity index (χ4n) is 5.24. The average Bonchev–Trinajstić information content (AvgIpc) is 3.13. The molecule has 1 aromatic heterocycles. The lowest BCUT2D eigenvalue weighted by Gasteiger charge is -2.39. The standard InChI is InChI=1S/C30H30N2O7/c1-5-38-29(37)21-16-32-22(15-23(21)33)20-14-24(34)25(12-17(20)13-26(32)30(2,3)4)39-11-10-31-27(35)18-8-6-7-9-19(18)28(31)36/h6-9,12,14-16,26,34H,5,10-11,13H2,1-4H3. The topological polar surface area (TPSA) is 115 Å². The fraction of sp³-hybridized carbons (Fsp3) is 0.333. The van der Waals surface area contributed by atoms with Crippen LogP contribution in [0.3, 0.4) is 0 Å². The molecule has 9 heteroatoms. The number of hydrogen-bond donors (Lipinski definition) is 1. The van der Waals surface area contributed by atoms with Crippen molar-refractivity contribution in [3.63, 3.8) is 0 Å². The van der Waals surface area contributed by atoms with Crippen molar-refractivity contribution >= 4 is 17.8 Å². The molecular formula is C30H30N2O7. The van der Waals surface area contributed by atoms with Crippen LogP contribution in [0.4, 0.5) is 0 Å². The Morgan fingerprint density at radius 2 is 1.69 bits per heavy atom. The highest BCUT2D eigenvalue weighted by atomic mass is 16.5. The van der Waals surface area contributed by atoms with E-state index in [1.165, 1.54) is 6.07 Å². The molecule has 39 heavy (non-hydrogen) atoms. The molecule has 2 amide bonds. The molecule has 3 heterocycles. The Balaban J connectivity index is 1.43. The molecule has 9 nitrogen and oxygen atoms in total. The van der Waals surface area contributed by atoms with Gasteiger partial charge in [-0.1, -0.05) is 32.9 Å². The maximum absolute atomic E-state index is 12.9. The maximum Gasteiger partial charge on any atom is 0.343 e. The quantitative estimate of drug-likeness (QED) is 0.375. The number of hydrogen-bond acceptors (Lipinski definition) is 7. The predicted octanol–water partition coefficient (Wildman–Crippen LogP) is 4.22. The van der Waals surface area contributed by atoms with Crippen molar-refractivity contribution in [2.24, 2.45) is 5.41 Å². The number of ether oxygens (including phenoxy) is 2. The SMILES string of the molecule is CCOC(=O)c1cn2c(cc1=O)-c1cc(O)c(OCCN3C(=O)c4ccccc4C3=O)cc1CC2C(C)(C)C. The molecule has 5 rings (SSSR count). The van der Waals surface area contributed by atoms with Gasteiger partial charge in [-0.05, 0) is 48.6 Å². The van der Waals surface area contributed by atoms with Gasteiger partial charge in [0.1, 0.15) is 12.2 Å². The van der Waals surface area contributed by atoms with E-state index in [4.69, 9.17) is 9.47 Å². The molecule has 0 saturated heterocycles. The van der Waals surface area contributed by atoms with Gasteiger partial charge in [0.15, 0.2) is 16.9 Å². The van der Waals surface area contributed by atoms with Crippen LogP contribution in [0.15, 0.2) is 53.5 Å². The highest BCUT2D eigenvalue weighted by Crippen LogP contribution is 2.45. The van der Waals surface area contributed by atoms with E-state index in [1.54, 1.807) is 49.5 Å². The Morgan fingerprint density at radius 3 is 2.31 bits per heavy atom. The van der Waals surface area contributed by atoms with Crippen LogP contribution in [-0.2, 0) is 11.2 Å². The van der Waals surface area contributed by atoms with Gasteiger partial charge >= 0.3 is 5.97 Å². The number of fused-ring (bicyclic) bond motifs is 4. The summed E-state index contributed by atoms with van der Waals surface area (Å²) in [6, 6.07) is 11.2. The molecule has 2 aliphatic rings. The van der Waals surface area contributed by atoms with E-state index in [2.05, 4.69) is 20.8 Å². The van der Waals surface area contributed by atoms with Crippen LogP contribution in [-0.4, -0.2) is 52.1 Å². The van der Waals surface area contributed by atoms with Crippen LogP contribution in [0.5, 0.6) is 11.5 Å². The predicted molar refractivity (Wildman–Crippen MR) is 143 cm³/mol. The molecule has 0 aliphatic carbocycles. The molecule has 0 bridgehead atoms. The third-order valence-electron chi connectivity index (χ3n) is 7.24. The third-order valence-corrected chi connectivity index (χ3v) is 7.24. The Bertz CT molecular complexity index is 1530. The number of amides is 2. The lowest BCUT2D eigenvalue weighted by molar-refractivity contribution is 0.0521. The molecule has 3 aromatic rings. The molecule has 0 saturated carbocycles. The Hall–Kier alpha value is -4.40. The van der Waals surface area contributed by atoms with Crippen LogP contribution in [0.1, 0.15) is 70.4 Å². The number of rotatable bonds is 6. The number of esters is 1. The largest absolute Gasteiger partial charge is 0.504 e. The van der Waals surface area contributed by atoms with Crippen LogP contribution in [0, 0.1) is 5.41 Å². The first kappa shape index (κ1) is 26.2. The molecule has 1 N–H and O–H groups in total. The lowest BCUT2D eigenvalue weighted by Crippen LogP contribution is -2.34. The summed E-state index contributed by atoms with van der Waals surface area (Å²) in [7, 11) is 0. The summed E-state index contributed by atoms with van der Waals surface area (Å²) in [5, 5.41) is 10.8. The van der Waals surface area contributed by atoms with Crippen LogP contribution in [0.25, 0.3) is 11.3 Å². The molecular weight excluding hydrogens is 500 g/mol. The molecule has 1 unspecified atom stereocenters. The van der Waals surface area contributed by atoms with E-state index in [1.807, 2.05) is 4.57 Å². The van der Waals surface area contributed by atoms with Gasteiger partial charge in [-0.25, -0.2) is 4.79 Å². The number of aromatic hydroxyl groups is 1. The van der Waals surface area contributed by atoms with Crippen molar-refractivity contribution in [2.75, 3.05) is 19.8 Å². The first-order valence-corrected chi connectivity index (χ1v) is 12.9. The summed E-state index contributed by atoms with van der Waals surface area (Å²) >= 11 is 0. The average molecular weight is 531 g/mol. The van der Waals surface area contributed by atoms with E-state index < -0.39 is 11.4 Å². The number of phenols is 1. The van der Waals surface area contributed by atoms with E-state index >= 15 is 0 Å². The van der Waals surface area contributed by atoms with Crippen molar-refractivity contribution in [2.45, 2.75) is 40.2 Å². The number of aromatic nitrogens is 1. The number of pyridine rings is 1. The van der Waals surface area contributed by atoms with Crippen LogP contribution in [0.2, 0.25) is 0 Å². The summed E-state index contributed by atoms with van der Waals surface area (Å²) in [5.74, 6) is -1.33. The zero-order valence-electron chi connectivity index (χ0n) is 22.3. The first-order chi connectivity index (χ1) is 18.5. The third kappa shape index (κ3) is 4.58. The normalized spacial score (nSPS) is 16.0. The second-order valence-corrected chi connectivity index (χ2v) is 10.8. The van der Waals surface area contributed by atoms with Gasteiger partial charge in [0.25, 0.3) is 11.8 Å². The minimum Gasteiger partial charge on any atom is -0.504 e. The Labute approximate surface area is 225 Å². The number of imide groups is 1. The van der Waals surface area contributed by atoms with E-state index in [0.29, 0.717) is 28.8 Å². The van der Waals surface area contributed by atoms with Gasteiger partial charge in [-0.15, -0.1) is 0 Å². The first-order valence-electron chi connectivity index (χ1n) is 12.9. The van der Waals surface area contributed by atoms with Gasteiger partial charge in [0.2, 0.25) is 0 Å². The summed E-state index contributed by atoms with van der Waals surface area (Å²) in [4.78, 5) is 51.7. The Kier molecular flexibility index (Phi) is 6.54. The molecule has 1 atom stereocenters. The number of phenolic OH excluding ortho intramolecular Hbond substituents is 1. The minimum atomic E-state index is -0.666. The van der Waals surface area contributed by atoms with E-state index in [0.717, 1.165) is 10.5 Å². The molecule has 202 valence electrons. The van der Waals surface area contributed by atoms with Crippen molar-refractivity contribution in [1.82, 2.24) is 9.47 Å². The highest BCUT2D eigenvalue weighted by molar-refractivity contribution is 6.21. The highest BCUT2D eigenvalue weighted by Gasteiger charge is 2.36. The van der Waals surface area contributed by atoms with Gasteiger partial charge in [-0.2, -0.15) is 0 Å². The zero-order valence-corrected chi connectivity index (χ0v) is 22.3. The monoisotopic (exact) mass is 530 g/mol. The van der Waals surface area contributed by atoms with Gasteiger partial charge < -0.3 is 19.1 Å². The molecule has 2 aromatic carbocycles. The maximum atomic E-state index is 12.9. The van der Waals surface area contributed by atoms with Crippen LogP contribution >= 0.6 is 0 Å². The van der Waals surface area contributed by atoms with Crippen molar-refractivity contribution in [3.8, 4) is 22.8 Å². The van der Waals surface area contributed by atoms with E-state index in [-0.39, 0.29) is 60.1 Å². The summed E-state index contributed by atoms with van der Waals surface area (Å²) in [5.41, 5.74) is 2.12. The minimum absolute atomic E-state index is 0.000536. The van der Waals surface area contributed by atoms with Crippen molar-refractivity contribution in [3.05, 3.63) is 81.1 Å². The number of benzene rings is 2. The van der Waals surface area contributed by atoms with Gasteiger partial charge in [0, 0.05) is 23.9 Å². The molecule has 0 radical (unpaired) electrons. The number of nitrogens with zero attached hydrogens (tertiary/aromatic N) is 2. The molecule has 2 aliphatic heterocycles. The number of carbonyl (C=O) groups is 3. The van der Waals surface area contributed by atoms with Crippen LogP contribution < -0.4 is 10.2 Å². The Morgan fingerprint density at radius 1 is 1.03 bits per heavy atom. The second-order valence-electron chi connectivity index (χ2n) is 10.8. The summed E-state index contributed by atoms with van der Waals surface area (Å²) < 4.78 is 12.8. The second kappa shape index (κ2) is 9.72. The molecule has 0 fully saturated rings. The van der Waals surface area contributed by atoms with Gasteiger partial charge in [0.05, 0.1) is 30.0 Å². The van der Waals surface area contributed by atoms with Gasteiger partial charge in [-0.3, -0.25) is 19.3 Å². The summed E-state index contributed by atoms with van der Waals surface area (Å²) in [6.07, 6.45) is 2.12. The van der Waals surface area contributed by atoms with E-state index in [9.17, 15) is 24.3 Å². The molecule has 0 spiro atoms. The smallest absolute Gasteiger partial charge is 0.343 e. The number of carbonyl (C=O) groups excluding carboxylic acids is 3. The summed E-state index contributed by atoms with van der Waals surface area (Å²) in [6.45, 7) is 8.11. The lowest BCUT2D eigenvalue weighted by atomic mass is 9.78. The fourth-order valence-corrected chi connectivity index (χ4v) is 5.24. The zero-order chi connectivity index (χ0) is 28.1. The van der Waals surface area contributed by atoms with Crippen molar-refractivity contribution < 1.29 is 29.0 Å². The van der Waals surface area contributed by atoms with Crippen molar-refractivity contribution in [1.29, 1.82) is 0 Å².